The smallest absolute Gasteiger partial charge is 0.363 e. The molecule has 0 aromatic heterocycles. The summed E-state index contributed by atoms with van der Waals surface area (Å²) in [6, 6.07) is 0. The van der Waals surface area contributed by atoms with E-state index in [2.05, 4.69) is 4.74 Å². The third-order valence-corrected chi connectivity index (χ3v) is 1.41. The van der Waals surface area contributed by atoms with Crippen molar-refractivity contribution < 1.29 is 40.6 Å². The Morgan fingerprint density at radius 2 is 1.47 bits per heavy atom. The van der Waals surface area contributed by atoms with Gasteiger partial charge in [0.25, 0.3) is 0 Å². The van der Waals surface area contributed by atoms with Gasteiger partial charge in [-0.05, 0) is 6.92 Å². The van der Waals surface area contributed by atoms with Crippen LogP contribution in [0, 0.1) is 0 Å². The number of halogens is 7. The van der Waals surface area contributed by atoms with Crippen molar-refractivity contribution in [3.8, 4) is 0 Å². The molecule has 0 aliphatic carbocycles. The van der Waals surface area contributed by atoms with E-state index < -0.39 is 30.9 Å². The van der Waals surface area contributed by atoms with Crippen LogP contribution in [0.15, 0.2) is 0 Å². The minimum atomic E-state index is -6.46. The SMILES string of the molecule is CCO[C@@H](O)C(F)(F)C(F)(F)C(F)(F)F. The Hall–Kier alpha value is -0.570. The van der Waals surface area contributed by atoms with E-state index in [1.165, 1.54) is 0 Å². The van der Waals surface area contributed by atoms with Crippen LogP contribution in [-0.2, 0) is 4.74 Å². The second-order valence-electron chi connectivity index (χ2n) is 2.50. The van der Waals surface area contributed by atoms with Crippen LogP contribution in [0.3, 0.4) is 0 Å². The minimum absolute atomic E-state index is 0.634. The third-order valence-electron chi connectivity index (χ3n) is 1.41. The number of aliphatic hydroxyl groups is 1. The molecule has 1 atom stereocenters. The summed E-state index contributed by atoms with van der Waals surface area (Å²) in [5.41, 5.74) is 0. The topological polar surface area (TPSA) is 29.5 Å². The largest absolute Gasteiger partial charge is 0.460 e. The molecule has 0 aliphatic rings. The summed E-state index contributed by atoms with van der Waals surface area (Å²) in [6.07, 6.45) is -9.98. The quantitative estimate of drug-likeness (QED) is 0.606. The number of hydrogen-bond acceptors (Lipinski definition) is 2. The first-order valence-electron chi connectivity index (χ1n) is 3.60. The molecule has 0 aromatic carbocycles. The van der Waals surface area contributed by atoms with Crippen LogP contribution in [0.25, 0.3) is 0 Å². The minimum Gasteiger partial charge on any atom is -0.363 e. The Kier molecular flexibility index (Phi) is 3.97. The molecule has 0 bridgehead atoms. The summed E-state index contributed by atoms with van der Waals surface area (Å²) in [7, 11) is 0. The van der Waals surface area contributed by atoms with Gasteiger partial charge in [0.1, 0.15) is 0 Å². The Bertz CT molecular complexity index is 212. The average molecular weight is 244 g/mol. The lowest BCUT2D eigenvalue weighted by Crippen LogP contribution is -2.58. The first-order valence-corrected chi connectivity index (χ1v) is 3.60. The molecule has 92 valence electrons. The van der Waals surface area contributed by atoms with E-state index in [9.17, 15) is 30.7 Å². The van der Waals surface area contributed by atoms with E-state index >= 15 is 0 Å². The average Bonchev–Trinajstić information content (AvgIpc) is 2.02. The first-order chi connectivity index (χ1) is 6.48. The monoisotopic (exact) mass is 244 g/mol. The van der Waals surface area contributed by atoms with Crippen LogP contribution in [0.1, 0.15) is 6.92 Å². The van der Waals surface area contributed by atoms with E-state index in [0.717, 1.165) is 6.92 Å². The molecule has 0 fully saturated rings. The first kappa shape index (κ1) is 14.4. The molecule has 0 unspecified atom stereocenters. The van der Waals surface area contributed by atoms with Crippen molar-refractivity contribution in [3.63, 3.8) is 0 Å². The van der Waals surface area contributed by atoms with Gasteiger partial charge in [-0.2, -0.15) is 30.7 Å². The van der Waals surface area contributed by atoms with Crippen molar-refractivity contribution in [2.75, 3.05) is 6.61 Å². The van der Waals surface area contributed by atoms with Gasteiger partial charge in [-0.25, -0.2) is 0 Å². The summed E-state index contributed by atoms with van der Waals surface area (Å²) in [4.78, 5) is 0. The van der Waals surface area contributed by atoms with Crippen molar-refractivity contribution in [1.82, 2.24) is 0 Å². The van der Waals surface area contributed by atoms with Crippen molar-refractivity contribution in [2.24, 2.45) is 0 Å². The van der Waals surface area contributed by atoms with Crippen LogP contribution in [0.5, 0.6) is 0 Å². The van der Waals surface area contributed by atoms with Gasteiger partial charge in [0, 0.05) is 6.61 Å². The van der Waals surface area contributed by atoms with Crippen molar-refractivity contribution in [1.29, 1.82) is 0 Å². The van der Waals surface area contributed by atoms with Gasteiger partial charge in [0.05, 0.1) is 0 Å². The Morgan fingerprint density at radius 1 is 1.07 bits per heavy atom. The molecule has 1 N–H and O–H groups in total. The van der Waals surface area contributed by atoms with E-state index in [1.54, 1.807) is 0 Å². The lowest BCUT2D eigenvalue weighted by molar-refractivity contribution is -0.395. The fourth-order valence-electron chi connectivity index (χ4n) is 0.607. The molecule has 0 amide bonds. The molecule has 15 heavy (non-hydrogen) atoms. The van der Waals surface area contributed by atoms with Crippen LogP contribution in [-0.4, -0.2) is 36.0 Å². The lowest BCUT2D eigenvalue weighted by Gasteiger charge is -2.30. The summed E-state index contributed by atoms with van der Waals surface area (Å²) in [6.45, 7) is 0.412. The van der Waals surface area contributed by atoms with Crippen LogP contribution >= 0.6 is 0 Å². The van der Waals surface area contributed by atoms with Gasteiger partial charge < -0.3 is 9.84 Å². The molecule has 0 rings (SSSR count). The van der Waals surface area contributed by atoms with Crippen molar-refractivity contribution in [3.05, 3.63) is 0 Å². The highest BCUT2D eigenvalue weighted by Crippen LogP contribution is 2.48. The molecule has 0 aromatic rings. The molecular formula is C6H7F7O2. The summed E-state index contributed by atoms with van der Waals surface area (Å²) in [5, 5.41) is 8.32. The zero-order chi connectivity index (χ0) is 12.5. The number of hydrogen-bond donors (Lipinski definition) is 1. The van der Waals surface area contributed by atoms with Gasteiger partial charge in [0.2, 0.25) is 6.29 Å². The predicted octanol–water partition coefficient (Wildman–Crippen LogP) is 2.17. The molecule has 0 spiro atoms. The number of aliphatic hydroxyl groups excluding tert-OH is 1. The third kappa shape index (κ3) is 2.51. The molecule has 0 radical (unpaired) electrons. The Balaban J connectivity index is 5.00. The fourth-order valence-corrected chi connectivity index (χ4v) is 0.607. The zero-order valence-electron chi connectivity index (χ0n) is 7.29. The molecule has 0 saturated carbocycles. The summed E-state index contributed by atoms with van der Waals surface area (Å²) in [5.74, 6) is -12.1. The highest BCUT2D eigenvalue weighted by atomic mass is 19.4. The standard InChI is InChI=1S/C6H7F7O2/c1-2-15-3(14)4(7,8)5(9,10)6(11,12)13/h3,14H,2H2,1H3/t3-/m1/s1. The number of ether oxygens (including phenoxy) is 1. The lowest BCUT2D eigenvalue weighted by atomic mass is 10.1. The van der Waals surface area contributed by atoms with E-state index in [-0.39, 0.29) is 0 Å². The molecule has 2 nitrogen and oxygen atoms in total. The van der Waals surface area contributed by atoms with Crippen LogP contribution in [0.2, 0.25) is 0 Å². The van der Waals surface area contributed by atoms with Gasteiger partial charge in [-0.1, -0.05) is 0 Å². The fraction of sp³-hybridized carbons (Fsp3) is 1.00. The van der Waals surface area contributed by atoms with Crippen molar-refractivity contribution >= 4 is 0 Å². The van der Waals surface area contributed by atoms with E-state index in [0.29, 0.717) is 0 Å². The molecule has 0 heterocycles. The zero-order valence-corrected chi connectivity index (χ0v) is 7.29. The summed E-state index contributed by atoms with van der Waals surface area (Å²) >= 11 is 0. The van der Waals surface area contributed by atoms with Gasteiger partial charge in [0.15, 0.2) is 0 Å². The highest BCUT2D eigenvalue weighted by molar-refractivity contribution is 4.92. The Morgan fingerprint density at radius 3 is 1.73 bits per heavy atom. The molecule has 9 heteroatoms. The highest BCUT2D eigenvalue weighted by Gasteiger charge is 2.76. The van der Waals surface area contributed by atoms with Crippen LogP contribution in [0.4, 0.5) is 30.7 Å². The summed E-state index contributed by atoms with van der Waals surface area (Å²) < 4.78 is 87.4. The van der Waals surface area contributed by atoms with E-state index in [1.807, 2.05) is 0 Å². The second-order valence-corrected chi connectivity index (χ2v) is 2.50. The normalized spacial score (nSPS) is 16.6. The van der Waals surface area contributed by atoms with Crippen LogP contribution < -0.4 is 0 Å². The maximum Gasteiger partial charge on any atom is 0.460 e. The molecule has 0 saturated heterocycles. The van der Waals surface area contributed by atoms with Gasteiger partial charge >= 0.3 is 18.0 Å². The second kappa shape index (κ2) is 4.12. The molecular weight excluding hydrogens is 237 g/mol. The molecule has 0 aliphatic heterocycles. The maximum absolute atomic E-state index is 12.4. The number of rotatable bonds is 4. The number of alkyl halides is 7. The van der Waals surface area contributed by atoms with E-state index in [4.69, 9.17) is 5.11 Å². The van der Waals surface area contributed by atoms with Gasteiger partial charge in [-0.15, -0.1) is 0 Å². The predicted molar refractivity (Wildman–Crippen MR) is 33.6 cm³/mol. The Labute approximate surface area is 79.6 Å². The van der Waals surface area contributed by atoms with Gasteiger partial charge in [-0.3, -0.25) is 0 Å². The maximum atomic E-state index is 12.4. The van der Waals surface area contributed by atoms with Crippen molar-refractivity contribution in [2.45, 2.75) is 31.2 Å².